The molecule has 0 unspecified atom stereocenters. The van der Waals surface area contributed by atoms with Gasteiger partial charge in [0.2, 0.25) is 5.78 Å². The molecule has 3 nitrogen and oxygen atoms in total. The number of carbonyl (C=O) groups is 1. The summed E-state index contributed by atoms with van der Waals surface area (Å²) in [6, 6.07) is 6.83. The van der Waals surface area contributed by atoms with Gasteiger partial charge in [-0.3, -0.25) is 9.80 Å². The maximum atomic E-state index is 11.7. The zero-order chi connectivity index (χ0) is 11.4. The van der Waals surface area contributed by atoms with Crippen molar-refractivity contribution in [1.82, 2.24) is 5.01 Å². The van der Waals surface area contributed by atoms with Crippen LogP contribution in [0.3, 0.4) is 0 Å². The molecule has 1 aliphatic heterocycles. The van der Waals surface area contributed by atoms with Crippen LogP contribution in [-0.2, 0) is 0 Å². The molecule has 2 rings (SSSR count). The first kappa shape index (κ1) is 11.1. The predicted octanol–water partition coefficient (Wildman–Crippen LogP) is 2.60. The molecule has 1 aliphatic rings. The largest absolute Gasteiger partial charge is 0.297 e. The molecule has 1 saturated heterocycles. The lowest BCUT2D eigenvalue weighted by molar-refractivity contribution is 0.106. The average Bonchev–Trinajstić information content (AvgIpc) is 2.80. The average molecular weight is 237 g/mol. The van der Waals surface area contributed by atoms with Crippen molar-refractivity contribution in [2.75, 3.05) is 13.1 Å². The second kappa shape index (κ2) is 5.12. The van der Waals surface area contributed by atoms with Crippen LogP contribution in [0.4, 0.5) is 0 Å². The monoisotopic (exact) mass is 236 g/mol. The van der Waals surface area contributed by atoms with E-state index in [1.807, 2.05) is 5.01 Å². The summed E-state index contributed by atoms with van der Waals surface area (Å²) in [7, 11) is 0. The van der Waals surface area contributed by atoms with E-state index in [1.165, 1.54) is 6.21 Å². The normalized spacial score (nSPS) is 15.9. The summed E-state index contributed by atoms with van der Waals surface area (Å²) < 4.78 is 0. The van der Waals surface area contributed by atoms with Gasteiger partial charge in [-0.2, -0.15) is 5.10 Å². The van der Waals surface area contributed by atoms with Gasteiger partial charge in [-0.15, -0.1) is 0 Å². The maximum Gasteiger partial charge on any atom is 0.205 e. The van der Waals surface area contributed by atoms with Crippen LogP contribution in [0, 0.1) is 0 Å². The zero-order valence-corrected chi connectivity index (χ0v) is 9.65. The molecule has 0 amide bonds. The predicted molar refractivity (Wildman–Crippen MR) is 65.1 cm³/mol. The topological polar surface area (TPSA) is 32.7 Å². The highest BCUT2D eigenvalue weighted by atomic mass is 35.5. The van der Waals surface area contributed by atoms with Crippen molar-refractivity contribution in [2.45, 2.75) is 12.8 Å². The van der Waals surface area contributed by atoms with Gasteiger partial charge in [0.1, 0.15) is 0 Å². The smallest absolute Gasteiger partial charge is 0.205 e. The van der Waals surface area contributed by atoms with Gasteiger partial charge >= 0.3 is 0 Å². The van der Waals surface area contributed by atoms with E-state index in [-0.39, 0.29) is 5.78 Å². The highest BCUT2D eigenvalue weighted by molar-refractivity contribution is 6.35. The first-order valence-corrected chi connectivity index (χ1v) is 5.72. The van der Waals surface area contributed by atoms with Crippen molar-refractivity contribution in [2.24, 2.45) is 5.10 Å². The molecule has 0 aliphatic carbocycles. The number of benzene rings is 1. The van der Waals surface area contributed by atoms with E-state index in [0.29, 0.717) is 10.6 Å². The summed E-state index contributed by atoms with van der Waals surface area (Å²) >= 11 is 5.74. The number of rotatable bonds is 3. The van der Waals surface area contributed by atoms with E-state index < -0.39 is 0 Å². The number of hydrogen-bond acceptors (Lipinski definition) is 3. The van der Waals surface area contributed by atoms with Gasteiger partial charge in [0.15, 0.2) is 0 Å². The summed E-state index contributed by atoms with van der Waals surface area (Å²) in [5.74, 6) is -0.0800. The molecule has 0 radical (unpaired) electrons. The quantitative estimate of drug-likeness (QED) is 0.597. The first-order valence-electron chi connectivity index (χ1n) is 5.34. The first-order chi connectivity index (χ1) is 7.75. The molecule has 0 spiro atoms. The van der Waals surface area contributed by atoms with Gasteiger partial charge in [0.05, 0.1) is 6.21 Å². The van der Waals surface area contributed by atoms with Crippen molar-refractivity contribution in [3.05, 3.63) is 34.9 Å². The maximum absolute atomic E-state index is 11.7. The highest BCUT2D eigenvalue weighted by Crippen LogP contribution is 2.10. The lowest BCUT2D eigenvalue weighted by atomic mass is 10.1. The summed E-state index contributed by atoms with van der Waals surface area (Å²) in [5, 5.41) is 6.70. The number of halogens is 1. The fourth-order valence-corrected chi connectivity index (χ4v) is 1.76. The molecule has 16 heavy (non-hydrogen) atoms. The Balaban J connectivity index is 1.99. The fraction of sp³-hybridized carbons (Fsp3) is 0.333. The number of hydrazone groups is 1. The van der Waals surface area contributed by atoms with Crippen LogP contribution in [0.5, 0.6) is 0 Å². The SMILES string of the molecule is O=C(/C=N\N1CCCC1)c1ccc(Cl)cc1. The molecular formula is C12H13ClN2O. The molecule has 0 saturated carbocycles. The van der Waals surface area contributed by atoms with Crippen LogP contribution in [0.15, 0.2) is 29.4 Å². The number of nitrogens with zero attached hydrogens (tertiary/aromatic N) is 2. The van der Waals surface area contributed by atoms with E-state index in [0.717, 1.165) is 25.9 Å². The molecule has 0 aromatic heterocycles. The summed E-state index contributed by atoms with van der Waals surface area (Å²) in [6.45, 7) is 1.90. The Morgan fingerprint density at radius 3 is 2.50 bits per heavy atom. The van der Waals surface area contributed by atoms with E-state index in [1.54, 1.807) is 24.3 Å². The van der Waals surface area contributed by atoms with Crippen LogP contribution in [0.25, 0.3) is 0 Å². The number of ketones is 1. The van der Waals surface area contributed by atoms with E-state index in [9.17, 15) is 4.79 Å². The van der Waals surface area contributed by atoms with Crippen molar-refractivity contribution in [1.29, 1.82) is 0 Å². The lowest BCUT2D eigenvalue weighted by Gasteiger charge is -2.08. The second-order valence-electron chi connectivity index (χ2n) is 3.78. The van der Waals surface area contributed by atoms with E-state index >= 15 is 0 Å². The standard InChI is InChI=1S/C12H13ClN2O/c13-11-5-3-10(4-6-11)12(16)9-14-15-7-1-2-8-15/h3-6,9H,1-2,7-8H2/b14-9-. The summed E-state index contributed by atoms with van der Waals surface area (Å²) in [6.07, 6.45) is 3.70. The minimum absolute atomic E-state index is 0.0800. The van der Waals surface area contributed by atoms with Crippen molar-refractivity contribution in [3.63, 3.8) is 0 Å². The highest BCUT2D eigenvalue weighted by Gasteiger charge is 2.09. The molecule has 4 heteroatoms. The van der Waals surface area contributed by atoms with Crippen molar-refractivity contribution >= 4 is 23.6 Å². The Morgan fingerprint density at radius 2 is 1.88 bits per heavy atom. The summed E-state index contributed by atoms with van der Waals surface area (Å²) in [4.78, 5) is 11.7. The Kier molecular flexibility index (Phi) is 3.57. The molecule has 0 atom stereocenters. The van der Waals surface area contributed by atoms with Crippen molar-refractivity contribution < 1.29 is 4.79 Å². The van der Waals surface area contributed by atoms with Crippen LogP contribution in [0.1, 0.15) is 23.2 Å². The Bertz CT molecular complexity index is 394. The minimum Gasteiger partial charge on any atom is -0.297 e. The van der Waals surface area contributed by atoms with Gasteiger partial charge in [-0.25, -0.2) is 0 Å². The van der Waals surface area contributed by atoms with Gasteiger partial charge in [-0.1, -0.05) is 11.6 Å². The Labute approximate surface area is 99.7 Å². The van der Waals surface area contributed by atoms with Gasteiger partial charge < -0.3 is 0 Å². The van der Waals surface area contributed by atoms with Crippen LogP contribution in [-0.4, -0.2) is 30.1 Å². The number of Topliss-reactive ketones (excluding diaryl/α,β-unsaturated/α-hetero) is 1. The molecule has 1 heterocycles. The molecular weight excluding hydrogens is 224 g/mol. The van der Waals surface area contributed by atoms with Crippen LogP contribution >= 0.6 is 11.6 Å². The molecule has 1 fully saturated rings. The molecule has 1 aromatic carbocycles. The van der Waals surface area contributed by atoms with Gasteiger partial charge in [0, 0.05) is 23.7 Å². The number of hydrogen-bond donors (Lipinski definition) is 0. The summed E-state index contributed by atoms with van der Waals surface area (Å²) in [5.41, 5.74) is 0.618. The Morgan fingerprint density at radius 1 is 1.25 bits per heavy atom. The third kappa shape index (κ3) is 2.83. The Hall–Kier alpha value is -1.35. The van der Waals surface area contributed by atoms with Gasteiger partial charge in [0.25, 0.3) is 0 Å². The van der Waals surface area contributed by atoms with E-state index in [2.05, 4.69) is 5.10 Å². The molecule has 0 N–H and O–H groups in total. The minimum atomic E-state index is -0.0800. The fourth-order valence-electron chi connectivity index (χ4n) is 1.64. The zero-order valence-electron chi connectivity index (χ0n) is 8.90. The second-order valence-corrected chi connectivity index (χ2v) is 4.21. The van der Waals surface area contributed by atoms with Gasteiger partial charge in [-0.05, 0) is 37.1 Å². The molecule has 1 aromatic rings. The van der Waals surface area contributed by atoms with Crippen LogP contribution in [0.2, 0.25) is 5.02 Å². The number of carbonyl (C=O) groups excluding carboxylic acids is 1. The van der Waals surface area contributed by atoms with Crippen LogP contribution < -0.4 is 0 Å². The van der Waals surface area contributed by atoms with Crippen molar-refractivity contribution in [3.8, 4) is 0 Å². The lowest BCUT2D eigenvalue weighted by Crippen LogP contribution is -2.13. The third-order valence-corrected chi connectivity index (χ3v) is 2.80. The van der Waals surface area contributed by atoms with E-state index in [4.69, 9.17) is 11.6 Å². The molecule has 0 bridgehead atoms. The third-order valence-electron chi connectivity index (χ3n) is 2.55. The molecule has 84 valence electrons.